The van der Waals surface area contributed by atoms with E-state index in [1.54, 1.807) is 12.1 Å². The van der Waals surface area contributed by atoms with Crippen LogP contribution in [0.2, 0.25) is 0 Å². The Hall–Kier alpha value is -1.49. The highest BCUT2D eigenvalue weighted by molar-refractivity contribution is 9.10. The minimum absolute atomic E-state index is 0.133. The molecule has 0 aliphatic carbocycles. The average molecular weight is 252 g/mol. The van der Waals surface area contributed by atoms with Crippen molar-refractivity contribution in [3.05, 3.63) is 32.7 Å². The quantitative estimate of drug-likeness (QED) is 0.678. The van der Waals surface area contributed by atoms with Crippen molar-refractivity contribution in [1.82, 2.24) is 5.32 Å². The molecule has 0 bridgehead atoms. The molecular formula is C9H6BrN3O. The van der Waals surface area contributed by atoms with Crippen LogP contribution in [0.4, 0.5) is 0 Å². The molecule has 1 amide bonds. The largest absolute Gasteiger partial charge is 0.291 e. The highest BCUT2D eigenvalue weighted by atomic mass is 79.9. The van der Waals surface area contributed by atoms with Crippen molar-refractivity contribution in [3.63, 3.8) is 0 Å². The van der Waals surface area contributed by atoms with Crippen molar-refractivity contribution >= 4 is 34.4 Å². The number of carbonyl (C=O) groups is 1. The molecule has 1 heterocycles. The number of amides is 1. The molecule has 70 valence electrons. The number of nitrogens with one attached hydrogen (secondary N) is 2. The van der Waals surface area contributed by atoms with Crippen LogP contribution >= 0.6 is 15.9 Å². The number of hydrogen-bond acceptors (Lipinski definition) is 2. The van der Waals surface area contributed by atoms with Gasteiger partial charge in [0.15, 0.2) is 0 Å². The van der Waals surface area contributed by atoms with Crippen LogP contribution in [0.25, 0.3) is 6.58 Å². The number of fused-ring (bicyclic) bond motifs is 1. The average Bonchev–Trinajstić information content (AvgIpc) is 2.10. The molecule has 0 spiro atoms. The molecule has 1 aliphatic rings. The van der Waals surface area contributed by atoms with Gasteiger partial charge in [0.25, 0.3) is 5.91 Å². The van der Waals surface area contributed by atoms with Crippen LogP contribution in [0.3, 0.4) is 0 Å². The van der Waals surface area contributed by atoms with Crippen LogP contribution in [-0.4, -0.2) is 11.9 Å². The van der Waals surface area contributed by atoms with E-state index in [1.807, 2.05) is 0 Å². The topological polar surface area (TPSA) is 65.3 Å². The second kappa shape index (κ2) is 3.02. The summed E-state index contributed by atoms with van der Waals surface area (Å²) in [6.07, 6.45) is 0. The van der Waals surface area contributed by atoms with Crippen LogP contribution in [0.5, 0.6) is 0 Å². The zero-order chi connectivity index (χ0) is 10.3. The lowest BCUT2D eigenvalue weighted by molar-refractivity contribution is 0.0972. The first kappa shape index (κ1) is 9.08. The van der Waals surface area contributed by atoms with Gasteiger partial charge in [0.2, 0.25) is 5.96 Å². The lowest BCUT2D eigenvalue weighted by Crippen LogP contribution is -2.40. The van der Waals surface area contributed by atoms with Gasteiger partial charge in [-0.05, 0) is 27.2 Å². The maximum absolute atomic E-state index is 11.5. The van der Waals surface area contributed by atoms with Gasteiger partial charge in [-0.1, -0.05) is 12.6 Å². The molecule has 0 fully saturated rings. The highest BCUT2D eigenvalue weighted by Gasteiger charge is 2.18. The Morgan fingerprint density at radius 1 is 1.50 bits per heavy atom. The lowest BCUT2D eigenvalue weighted by atomic mass is 10.1. The summed E-state index contributed by atoms with van der Waals surface area (Å²) in [5, 5.41) is 10.8. The van der Waals surface area contributed by atoms with Gasteiger partial charge in [0.1, 0.15) is 0 Å². The second-order valence-corrected chi connectivity index (χ2v) is 3.64. The summed E-state index contributed by atoms with van der Waals surface area (Å²) < 4.78 is 0.628. The van der Waals surface area contributed by atoms with E-state index in [9.17, 15) is 4.79 Å². The van der Waals surface area contributed by atoms with Gasteiger partial charge in [-0.2, -0.15) is 0 Å². The predicted molar refractivity (Wildman–Crippen MR) is 55.6 cm³/mol. The van der Waals surface area contributed by atoms with Crippen LogP contribution in [-0.2, 0) is 0 Å². The zero-order valence-corrected chi connectivity index (χ0v) is 8.68. The molecule has 1 aromatic rings. The molecule has 0 saturated heterocycles. The first-order chi connectivity index (χ1) is 6.59. The Morgan fingerprint density at radius 3 is 2.93 bits per heavy atom. The summed E-state index contributed by atoms with van der Waals surface area (Å²) in [5.74, 6) is -0.455. The van der Waals surface area contributed by atoms with E-state index in [2.05, 4.69) is 32.8 Å². The van der Waals surface area contributed by atoms with Crippen molar-refractivity contribution < 1.29 is 4.79 Å². The number of benzene rings is 1. The summed E-state index contributed by atoms with van der Waals surface area (Å²) in [6.45, 7) is 3.76. The summed E-state index contributed by atoms with van der Waals surface area (Å²) in [6, 6.07) is 3.42. The SMILES string of the molecule is C=c1ccc2c(c1Br)C(=O)NC(=N)N=2. The number of hydrogen-bond donors (Lipinski definition) is 2. The van der Waals surface area contributed by atoms with E-state index < -0.39 is 0 Å². The number of carbonyl (C=O) groups excluding carboxylic acids is 1. The maximum Gasteiger partial charge on any atom is 0.261 e. The fraction of sp³-hybridized carbons (Fsp3) is 0. The molecule has 5 heteroatoms. The predicted octanol–water partition coefficient (Wildman–Crippen LogP) is 0.157. The maximum atomic E-state index is 11.5. The molecule has 14 heavy (non-hydrogen) atoms. The van der Waals surface area contributed by atoms with Gasteiger partial charge in [0.05, 0.1) is 10.9 Å². The third kappa shape index (κ3) is 1.26. The Bertz CT molecular complexity index is 550. The van der Waals surface area contributed by atoms with E-state index in [4.69, 9.17) is 5.41 Å². The molecule has 0 saturated carbocycles. The molecule has 0 aromatic heterocycles. The van der Waals surface area contributed by atoms with Crippen molar-refractivity contribution in [2.75, 3.05) is 0 Å². The minimum Gasteiger partial charge on any atom is -0.291 e. The zero-order valence-electron chi connectivity index (χ0n) is 7.10. The molecular weight excluding hydrogens is 246 g/mol. The van der Waals surface area contributed by atoms with E-state index >= 15 is 0 Å². The Kier molecular flexibility index (Phi) is 1.96. The van der Waals surface area contributed by atoms with Crippen molar-refractivity contribution in [2.45, 2.75) is 0 Å². The van der Waals surface area contributed by atoms with Gasteiger partial charge in [0, 0.05) is 4.47 Å². The summed E-state index contributed by atoms with van der Waals surface area (Å²) in [4.78, 5) is 15.4. The standard InChI is InChI=1S/C9H6BrN3O/c1-4-2-3-5-6(7(4)10)8(14)13-9(11)12-5/h2-3H,1H2,(H2,11,13,14). The number of guanidine groups is 1. The third-order valence-corrected chi connectivity index (χ3v) is 2.80. The first-order valence-electron chi connectivity index (χ1n) is 3.85. The van der Waals surface area contributed by atoms with E-state index in [1.165, 1.54) is 0 Å². The first-order valence-corrected chi connectivity index (χ1v) is 4.65. The normalized spacial score (nSPS) is 14.4. The van der Waals surface area contributed by atoms with Gasteiger partial charge < -0.3 is 0 Å². The molecule has 2 rings (SSSR count). The molecule has 1 aromatic carbocycles. The fourth-order valence-electron chi connectivity index (χ4n) is 1.24. The van der Waals surface area contributed by atoms with Crippen LogP contribution in [0.15, 0.2) is 21.6 Å². The summed E-state index contributed by atoms with van der Waals surface area (Å²) in [7, 11) is 0. The Morgan fingerprint density at radius 2 is 2.21 bits per heavy atom. The molecule has 0 unspecified atom stereocenters. The van der Waals surface area contributed by atoms with E-state index in [0.717, 1.165) is 5.22 Å². The monoisotopic (exact) mass is 251 g/mol. The van der Waals surface area contributed by atoms with Gasteiger partial charge in [-0.3, -0.25) is 15.5 Å². The molecule has 2 N–H and O–H groups in total. The second-order valence-electron chi connectivity index (χ2n) is 2.85. The van der Waals surface area contributed by atoms with Gasteiger partial charge >= 0.3 is 0 Å². The van der Waals surface area contributed by atoms with Crippen molar-refractivity contribution in [3.8, 4) is 0 Å². The van der Waals surface area contributed by atoms with Crippen LogP contribution < -0.4 is 15.9 Å². The van der Waals surface area contributed by atoms with Gasteiger partial charge in [-0.15, -0.1) is 0 Å². The third-order valence-electron chi connectivity index (χ3n) is 1.89. The molecule has 1 aliphatic heterocycles. The van der Waals surface area contributed by atoms with Crippen LogP contribution in [0, 0.1) is 5.41 Å². The van der Waals surface area contributed by atoms with Crippen molar-refractivity contribution in [2.24, 2.45) is 4.99 Å². The minimum atomic E-state index is -0.322. The smallest absolute Gasteiger partial charge is 0.261 e. The number of nitrogens with zero attached hydrogens (tertiary/aromatic N) is 1. The number of rotatable bonds is 0. The van der Waals surface area contributed by atoms with Crippen LogP contribution in [0.1, 0.15) is 10.4 Å². The van der Waals surface area contributed by atoms with Gasteiger partial charge in [-0.25, -0.2) is 4.99 Å². The summed E-state index contributed by atoms with van der Waals surface area (Å²) in [5.41, 5.74) is 0.438. The van der Waals surface area contributed by atoms with E-state index in [-0.39, 0.29) is 11.9 Å². The molecule has 4 nitrogen and oxygen atoms in total. The van der Waals surface area contributed by atoms with E-state index in [0.29, 0.717) is 15.4 Å². The fourth-order valence-corrected chi connectivity index (χ4v) is 1.75. The molecule has 0 radical (unpaired) electrons. The Labute approximate surface area is 88.0 Å². The summed E-state index contributed by atoms with van der Waals surface area (Å²) >= 11 is 3.27. The number of halogens is 1. The van der Waals surface area contributed by atoms with Crippen molar-refractivity contribution in [1.29, 1.82) is 5.41 Å². The Balaban J connectivity index is 2.91. The highest BCUT2D eigenvalue weighted by Crippen LogP contribution is 2.08. The molecule has 0 atom stereocenters. The lowest BCUT2D eigenvalue weighted by Gasteiger charge is -2.10.